The lowest BCUT2D eigenvalue weighted by Crippen LogP contribution is -2.21. The van der Waals surface area contributed by atoms with Gasteiger partial charge in [-0.2, -0.15) is 0 Å². The Morgan fingerprint density at radius 1 is 0.520 bits per heavy atom. The van der Waals surface area contributed by atoms with E-state index in [-0.39, 0.29) is 0 Å². The van der Waals surface area contributed by atoms with Crippen LogP contribution in [0.5, 0.6) is 0 Å². The molecule has 0 amide bonds. The van der Waals surface area contributed by atoms with E-state index in [1.54, 1.807) is 0 Å². The predicted molar refractivity (Wildman–Crippen MR) is 111 cm³/mol. The van der Waals surface area contributed by atoms with Gasteiger partial charge in [0.1, 0.15) is 0 Å². The molecule has 0 unspecified atom stereocenters. The lowest BCUT2D eigenvalue weighted by Gasteiger charge is -2.22. The zero-order valence-electron chi connectivity index (χ0n) is 14.8. The first-order valence-corrected chi connectivity index (χ1v) is 9.74. The highest BCUT2D eigenvalue weighted by atomic mass is 31.1. The summed E-state index contributed by atoms with van der Waals surface area (Å²) < 4.78 is 8.36. The molecule has 0 saturated heterocycles. The smallest absolute Gasteiger partial charge is 0.0622 e. The van der Waals surface area contributed by atoms with Crippen molar-refractivity contribution >= 4 is 23.8 Å². The van der Waals surface area contributed by atoms with E-state index < -0.39 is 7.92 Å². The highest BCUT2D eigenvalue weighted by molar-refractivity contribution is 7.80. The average molecular weight is 339 g/mol. The van der Waals surface area contributed by atoms with Gasteiger partial charge in [0, 0.05) is 0 Å². The summed E-state index contributed by atoms with van der Waals surface area (Å²) in [5.41, 5.74) is 2.14. The van der Waals surface area contributed by atoms with Crippen molar-refractivity contribution in [2.45, 2.75) is 0 Å². The molecule has 4 aromatic carbocycles. The van der Waals surface area contributed by atoms with Crippen LogP contribution in [0.2, 0.25) is 0 Å². The van der Waals surface area contributed by atoms with E-state index in [1.807, 2.05) is 24.3 Å². The van der Waals surface area contributed by atoms with E-state index in [0.717, 1.165) is 11.1 Å². The van der Waals surface area contributed by atoms with E-state index >= 15 is 0 Å². The molecule has 0 heterocycles. The molecule has 0 bridgehead atoms. The number of hydrogen-bond donors (Lipinski definition) is 0. The summed E-state index contributed by atoms with van der Waals surface area (Å²) in [5.74, 6) is 0. The highest BCUT2D eigenvalue weighted by Crippen LogP contribution is 2.36. The standard InChI is InChI=1S/C24H19P/c1-4-12-20(13-5-1)23-18-10-11-19-24(23)25(21-14-6-2-7-15-21)22-16-8-3-9-17-22/h1-19H/i12D. The van der Waals surface area contributed by atoms with Crippen LogP contribution in [0.25, 0.3) is 11.1 Å². The van der Waals surface area contributed by atoms with E-state index in [0.29, 0.717) is 6.04 Å². The van der Waals surface area contributed by atoms with E-state index in [4.69, 9.17) is 1.37 Å². The molecule has 4 rings (SSSR count). The van der Waals surface area contributed by atoms with Crippen LogP contribution in [0.1, 0.15) is 1.37 Å². The molecule has 4 aromatic rings. The summed E-state index contributed by atoms with van der Waals surface area (Å²) in [6.45, 7) is 0. The molecule has 0 nitrogen and oxygen atoms in total. The van der Waals surface area contributed by atoms with Crippen molar-refractivity contribution in [2.75, 3.05) is 0 Å². The molecule has 1 heteroatoms. The SMILES string of the molecule is [2H]c1ccccc1-c1ccccc1P(c1ccccc1)c1ccccc1. The molecule has 0 aliphatic heterocycles. The molecule has 0 fully saturated rings. The Balaban J connectivity index is 1.95. The fourth-order valence-electron chi connectivity index (χ4n) is 3.04. The Bertz CT molecular complexity index is 957. The van der Waals surface area contributed by atoms with Crippen LogP contribution < -0.4 is 15.9 Å². The fraction of sp³-hybridized carbons (Fsp3) is 0. The van der Waals surface area contributed by atoms with Crippen molar-refractivity contribution in [1.29, 1.82) is 0 Å². The molecular weight excluding hydrogens is 319 g/mol. The largest absolute Gasteiger partial charge is 0.0629 e. The molecule has 0 radical (unpaired) electrons. The van der Waals surface area contributed by atoms with Gasteiger partial charge < -0.3 is 0 Å². The Labute approximate surface area is 152 Å². The molecule has 0 aromatic heterocycles. The zero-order chi connectivity index (χ0) is 17.8. The van der Waals surface area contributed by atoms with Crippen LogP contribution >= 0.6 is 7.92 Å². The third-order valence-electron chi connectivity index (χ3n) is 4.17. The number of benzene rings is 4. The molecule has 25 heavy (non-hydrogen) atoms. The summed E-state index contributed by atoms with van der Waals surface area (Å²) in [6, 6.07) is 38.3. The van der Waals surface area contributed by atoms with Crippen LogP contribution in [-0.2, 0) is 0 Å². The van der Waals surface area contributed by atoms with Gasteiger partial charge in [-0.3, -0.25) is 0 Å². The minimum Gasteiger partial charge on any atom is -0.0622 e. The predicted octanol–water partition coefficient (Wildman–Crippen LogP) is 5.11. The Morgan fingerprint density at radius 2 is 1.04 bits per heavy atom. The topological polar surface area (TPSA) is 0 Å². The van der Waals surface area contributed by atoms with E-state index in [9.17, 15) is 0 Å². The number of rotatable bonds is 4. The first-order valence-electron chi connectivity index (χ1n) is 8.90. The summed E-state index contributed by atoms with van der Waals surface area (Å²) in [5, 5.41) is 3.94. The van der Waals surface area contributed by atoms with Gasteiger partial charge in [0.05, 0.1) is 1.37 Å². The molecular formula is C24H19P. The lowest BCUT2D eigenvalue weighted by atomic mass is 10.1. The fourth-order valence-corrected chi connectivity index (χ4v) is 5.50. The lowest BCUT2D eigenvalue weighted by molar-refractivity contribution is 1.65. The quantitative estimate of drug-likeness (QED) is 0.453. The summed E-state index contributed by atoms with van der Waals surface area (Å²) in [4.78, 5) is 0. The molecule has 0 atom stereocenters. The van der Waals surface area contributed by atoms with Crippen LogP contribution in [0.15, 0.2) is 115 Å². The molecule has 0 saturated carbocycles. The molecule has 0 N–H and O–H groups in total. The van der Waals surface area contributed by atoms with Crippen LogP contribution in [0.4, 0.5) is 0 Å². The molecule has 120 valence electrons. The zero-order valence-corrected chi connectivity index (χ0v) is 14.7. The minimum absolute atomic E-state index is 0.566. The van der Waals surface area contributed by atoms with Gasteiger partial charge in [-0.15, -0.1) is 0 Å². The number of hydrogen-bond acceptors (Lipinski definition) is 0. The highest BCUT2D eigenvalue weighted by Gasteiger charge is 2.19. The van der Waals surface area contributed by atoms with Crippen molar-refractivity contribution in [3.63, 3.8) is 0 Å². The normalized spacial score (nSPS) is 11.3. The van der Waals surface area contributed by atoms with Gasteiger partial charge in [-0.05, 0) is 35.0 Å². The summed E-state index contributed by atoms with van der Waals surface area (Å²) in [7, 11) is -0.686. The summed E-state index contributed by atoms with van der Waals surface area (Å²) in [6.07, 6.45) is 0. The van der Waals surface area contributed by atoms with Crippen molar-refractivity contribution in [3.8, 4) is 11.1 Å². The van der Waals surface area contributed by atoms with Gasteiger partial charge >= 0.3 is 0 Å². The Hall–Kier alpha value is -2.69. The van der Waals surface area contributed by atoms with Gasteiger partial charge in [0.2, 0.25) is 0 Å². The Morgan fingerprint density at radius 3 is 1.68 bits per heavy atom. The summed E-state index contributed by atoms with van der Waals surface area (Å²) >= 11 is 0. The van der Waals surface area contributed by atoms with E-state index in [2.05, 4.69) is 84.9 Å². The maximum Gasteiger partial charge on any atom is 0.0629 e. The third kappa shape index (κ3) is 3.40. The van der Waals surface area contributed by atoms with Crippen molar-refractivity contribution in [3.05, 3.63) is 115 Å². The monoisotopic (exact) mass is 339 g/mol. The third-order valence-corrected chi connectivity index (χ3v) is 6.67. The van der Waals surface area contributed by atoms with E-state index in [1.165, 1.54) is 15.9 Å². The second-order valence-electron chi connectivity index (χ2n) is 5.80. The first-order chi connectivity index (χ1) is 12.8. The van der Waals surface area contributed by atoms with Crippen molar-refractivity contribution in [2.24, 2.45) is 0 Å². The molecule has 0 aliphatic carbocycles. The van der Waals surface area contributed by atoms with Crippen molar-refractivity contribution in [1.82, 2.24) is 0 Å². The maximum atomic E-state index is 8.36. The van der Waals surface area contributed by atoms with Crippen LogP contribution in [-0.4, -0.2) is 0 Å². The average Bonchev–Trinajstić information content (AvgIpc) is 2.71. The maximum absolute atomic E-state index is 8.36. The van der Waals surface area contributed by atoms with Gasteiger partial charge in [-0.25, -0.2) is 0 Å². The van der Waals surface area contributed by atoms with Crippen LogP contribution in [0, 0.1) is 0 Å². The van der Waals surface area contributed by atoms with Crippen LogP contribution in [0.3, 0.4) is 0 Å². The first kappa shape index (κ1) is 14.6. The molecule has 0 aliphatic rings. The van der Waals surface area contributed by atoms with Gasteiger partial charge in [0.15, 0.2) is 0 Å². The Kier molecular flexibility index (Phi) is 4.37. The van der Waals surface area contributed by atoms with Gasteiger partial charge in [0.25, 0.3) is 0 Å². The molecule has 0 spiro atoms. The van der Waals surface area contributed by atoms with Gasteiger partial charge in [-0.1, -0.05) is 115 Å². The van der Waals surface area contributed by atoms with Crippen molar-refractivity contribution < 1.29 is 1.37 Å². The minimum atomic E-state index is -0.686. The second-order valence-corrected chi connectivity index (χ2v) is 7.99. The second kappa shape index (κ2) is 7.47.